The van der Waals surface area contributed by atoms with Gasteiger partial charge in [-0.2, -0.15) is 0 Å². The van der Waals surface area contributed by atoms with E-state index in [1.54, 1.807) is 36.4 Å². The van der Waals surface area contributed by atoms with Crippen LogP contribution in [0.1, 0.15) is 35.3 Å². The third kappa shape index (κ3) is 6.25. The van der Waals surface area contributed by atoms with Crippen LogP contribution in [0.2, 0.25) is 0 Å². The fourth-order valence-corrected chi connectivity index (χ4v) is 4.71. The van der Waals surface area contributed by atoms with E-state index in [2.05, 4.69) is 0 Å². The van der Waals surface area contributed by atoms with Gasteiger partial charge in [0.05, 0.1) is 13.5 Å². The zero-order valence-corrected chi connectivity index (χ0v) is 20.7. The molecule has 2 atom stereocenters. The van der Waals surface area contributed by atoms with E-state index in [-0.39, 0.29) is 43.1 Å². The molecule has 0 fully saturated rings. The molecule has 1 aliphatic heterocycles. The fourth-order valence-electron chi connectivity index (χ4n) is 4.71. The smallest absolute Gasteiger partial charge is 0.323 e. The second-order valence-corrected chi connectivity index (χ2v) is 9.28. The Balaban J connectivity index is 1.52. The molecule has 1 aliphatic rings. The topological polar surface area (TPSA) is 76.1 Å². The molecule has 0 saturated heterocycles. The van der Waals surface area contributed by atoms with Crippen LogP contribution in [-0.4, -0.2) is 42.1 Å². The lowest BCUT2D eigenvalue weighted by Crippen LogP contribution is -2.38. The number of carboxylic acids is 1. The summed E-state index contributed by atoms with van der Waals surface area (Å²) >= 11 is 0. The van der Waals surface area contributed by atoms with Gasteiger partial charge in [0.25, 0.3) is 0 Å². The number of hydrogen-bond acceptors (Lipinski definition) is 4. The number of aliphatic carboxylic acids is 1. The SMILES string of the molecule is COc1cc(CC(=O)N(CCc2ccccc2F)CC(=O)O)cc2c1O[C@@H](c1ccc(F)cc1)[C@H](C)C2. The van der Waals surface area contributed by atoms with Crippen molar-refractivity contribution in [2.24, 2.45) is 5.92 Å². The molecule has 0 bridgehead atoms. The first-order valence-electron chi connectivity index (χ1n) is 12.1. The minimum atomic E-state index is -1.14. The maximum Gasteiger partial charge on any atom is 0.323 e. The maximum absolute atomic E-state index is 14.0. The van der Waals surface area contributed by atoms with Crippen molar-refractivity contribution in [3.8, 4) is 11.5 Å². The van der Waals surface area contributed by atoms with E-state index in [0.29, 0.717) is 29.0 Å². The predicted octanol–water partition coefficient (Wildman–Crippen LogP) is 4.98. The number of carbonyl (C=O) groups excluding carboxylic acids is 1. The van der Waals surface area contributed by atoms with Crippen molar-refractivity contribution in [1.29, 1.82) is 0 Å². The molecule has 0 radical (unpaired) electrons. The highest BCUT2D eigenvalue weighted by atomic mass is 19.1. The molecule has 0 saturated carbocycles. The van der Waals surface area contributed by atoms with Gasteiger partial charge in [0.1, 0.15) is 24.3 Å². The molecule has 3 aromatic carbocycles. The van der Waals surface area contributed by atoms with E-state index in [1.165, 1.54) is 30.2 Å². The number of fused-ring (bicyclic) bond motifs is 1. The number of amides is 1. The van der Waals surface area contributed by atoms with E-state index in [4.69, 9.17) is 9.47 Å². The number of rotatable bonds is 9. The summed E-state index contributed by atoms with van der Waals surface area (Å²) < 4.78 is 39.3. The zero-order valence-electron chi connectivity index (χ0n) is 20.7. The van der Waals surface area contributed by atoms with Crippen LogP contribution in [0, 0.1) is 17.6 Å². The van der Waals surface area contributed by atoms with Crippen LogP contribution in [0.15, 0.2) is 60.7 Å². The van der Waals surface area contributed by atoms with Crippen LogP contribution in [0.5, 0.6) is 11.5 Å². The summed E-state index contributed by atoms with van der Waals surface area (Å²) in [5.41, 5.74) is 2.82. The van der Waals surface area contributed by atoms with Crippen LogP contribution in [0.4, 0.5) is 8.78 Å². The van der Waals surface area contributed by atoms with Gasteiger partial charge in [-0.05, 0) is 59.4 Å². The highest BCUT2D eigenvalue weighted by Crippen LogP contribution is 2.44. The third-order valence-electron chi connectivity index (χ3n) is 6.56. The van der Waals surface area contributed by atoms with Gasteiger partial charge in [-0.1, -0.05) is 43.3 Å². The van der Waals surface area contributed by atoms with Crippen molar-refractivity contribution < 1.29 is 33.0 Å². The largest absolute Gasteiger partial charge is 0.493 e. The Morgan fingerprint density at radius 2 is 1.84 bits per heavy atom. The van der Waals surface area contributed by atoms with Crippen LogP contribution >= 0.6 is 0 Å². The summed E-state index contributed by atoms with van der Waals surface area (Å²) in [5.74, 6) is -1.10. The molecule has 4 rings (SSSR count). The molecule has 1 amide bonds. The van der Waals surface area contributed by atoms with Crippen molar-refractivity contribution in [2.75, 3.05) is 20.2 Å². The lowest BCUT2D eigenvalue weighted by Gasteiger charge is -2.33. The second-order valence-electron chi connectivity index (χ2n) is 9.28. The minimum absolute atomic E-state index is 0.0377. The molecule has 0 spiro atoms. The normalized spacial score (nSPS) is 16.4. The molecule has 8 heteroatoms. The number of ether oxygens (including phenoxy) is 2. The molecule has 1 N–H and O–H groups in total. The summed E-state index contributed by atoms with van der Waals surface area (Å²) in [7, 11) is 1.51. The average molecular weight is 510 g/mol. The van der Waals surface area contributed by atoms with Gasteiger partial charge < -0.3 is 19.5 Å². The lowest BCUT2D eigenvalue weighted by atomic mass is 9.87. The number of hydrogen-bond donors (Lipinski definition) is 1. The van der Waals surface area contributed by atoms with Gasteiger partial charge in [-0.25, -0.2) is 8.78 Å². The molecule has 194 valence electrons. The fraction of sp³-hybridized carbons (Fsp3) is 0.310. The van der Waals surface area contributed by atoms with Crippen LogP contribution < -0.4 is 9.47 Å². The molecule has 0 aromatic heterocycles. The van der Waals surface area contributed by atoms with E-state index in [0.717, 1.165) is 11.1 Å². The Kier molecular flexibility index (Phi) is 8.06. The quantitative estimate of drug-likeness (QED) is 0.440. The molecule has 1 heterocycles. The van der Waals surface area contributed by atoms with Gasteiger partial charge in [0.15, 0.2) is 11.5 Å². The number of methoxy groups -OCH3 is 1. The standard InChI is InChI=1S/C29H29F2NO5/c1-18-13-22-14-19(15-25(36-2)29(22)37-28(18)21-7-9-23(30)10-8-21)16-26(33)32(17-27(34)35)12-11-20-5-3-4-6-24(20)31/h3-10,14-15,18,28H,11-13,16-17H2,1-2H3,(H,34,35)/t18-,28-/m1/s1. The Labute approximate surface area is 214 Å². The zero-order chi connectivity index (χ0) is 26.5. The van der Waals surface area contributed by atoms with Gasteiger partial charge in [0, 0.05) is 12.5 Å². The van der Waals surface area contributed by atoms with E-state index < -0.39 is 18.3 Å². The van der Waals surface area contributed by atoms with Crippen molar-refractivity contribution in [2.45, 2.75) is 32.3 Å². The molecule has 37 heavy (non-hydrogen) atoms. The second kappa shape index (κ2) is 11.4. The number of carbonyl (C=O) groups is 2. The van der Waals surface area contributed by atoms with Crippen LogP contribution in [-0.2, 0) is 28.9 Å². The summed E-state index contributed by atoms with van der Waals surface area (Å²) in [6, 6.07) is 16.0. The first kappa shape index (κ1) is 26.1. The monoisotopic (exact) mass is 509 g/mol. The molecule has 0 unspecified atom stereocenters. The Morgan fingerprint density at radius 3 is 2.51 bits per heavy atom. The lowest BCUT2D eigenvalue weighted by molar-refractivity contribution is -0.144. The molecule has 3 aromatic rings. The third-order valence-corrected chi connectivity index (χ3v) is 6.56. The van der Waals surface area contributed by atoms with Crippen LogP contribution in [0.3, 0.4) is 0 Å². The number of benzene rings is 3. The number of halogens is 2. The number of carboxylic acid groups (broad SMARTS) is 1. The number of nitrogens with zero attached hydrogens (tertiary/aromatic N) is 1. The summed E-state index contributed by atoms with van der Waals surface area (Å²) in [6.07, 6.45) is 0.542. The van der Waals surface area contributed by atoms with E-state index in [1.807, 2.05) is 13.0 Å². The molecule has 0 aliphatic carbocycles. The highest BCUT2D eigenvalue weighted by molar-refractivity contribution is 5.83. The maximum atomic E-state index is 14.0. The highest BCUT2D eigenvalue weighted by Gasteiger charge is 2.31. The van der Waals surface area contributed by atoms with Gasteiger partial charge in [-0.15, -0.1) is 0 Å². The van der Waals surface area contributed by atoms with Crippen molar-refractivity contribution in [3.05, 3.63) is 94.6 Å². The predicted molar refractivity (Wildman–Crippen MR) is 134 cm³/mol. The minimum Gasteiger partial charge on any atom is -0.493 e. The Morgan fingerprint density at radius 1 is 1.11 bits per heavy atom. The van der Waals surface area contributed by atoms with Crippen molar-refractivity contribution in [3.63, 3.8) is 0 Å². The Hall–Kier alpha value is -3.94. The average Bonchev–Trinajstić information content (AvgIpc) is 2.86. The summed E-state index contributed by atoms with van der Waals surface area (Å²) in [5, 5.41) is 9.33. The molecule has 6 nitrogen and oxygen atoms in total. The van der Waals surface area contributed by atoms with Gasteiger partial charge in [-0.3, -0.25) is 9.59 Å². The summed E-state index contributed by atoms with van der Waals surface area (Å²) in [4.78, 5) is 25.8. The summed E-state index contributed by atoms with van der Waals surface area (Å²) in [6.45, 7) is 1.64. The van der Waals surface area contributed by atoms with Crippen molar-refractivity contribution in [1.82, 2.24) is 4.90 Å². The first-order chi connectivity index (χ1) is 17.7. The first-order valence-corrected chi connectivity index (χ1v) is 12.1. The van der Waals surface area contributed by atoms with E-state index >= 15 is 0 Å². The van der Waals surface area contributed by atoms with E-state index in [9.17, 15) is 23.5 Å². The van der Waals surface area contributed by atoms with Gasteiger partial charge >= 0.3 is 5.97 Å². The van der Waals surface area contributed by atoms with Crippen LogP contribution in [0.25, 0.3) is 0 Å². The Bertz CT molecular complexity index is 1280. The van der Waals surface area contributed by atoms with Gasteiger partial charge in [0.2, 0.25) is 5.91 Å². The van der Waals surface area contributed by atoms with Crippen molar-refractivity contribution >= 4 is 11.9 Å². The molecular weight excluding hydrogens is 480 g/mol. The molecular formula is C29H29F2NO5.